The van der Waals surface area contributed by atoms with E-state index in [1.807, 2.05) is 60.4 Å². The van der Waals surface area contributed by atoms with Crippen LogP contribution in [0.25, 0.3) is 21.2 Å². The average molecular weight is 407 g/mol. The number of nitrogens with zero attached hydrogens (tertiary/aromatic N) is 3. The van der Waals surface area contributed by atoms with Gasteiger partial charge in [0, 0.05) is 31.6 Å². The molecule has 0 bridgehead atoms. The second-order valence-corrected chi connectivity index (χ2v) is 8.00. The molecule has 3 heterocycles. The zero-order valence-corrected chi connectivity index (χ0v) is 16.9. The van der Waals surface area contributed by atoms with E-state index in [1.54, 1.807) is 11.3 Å². The topological polar surface area (TPSA) is 58.8 Å². The maximum absolute atomic E-state index is 12.8. The van der Waals surface area contributed by atoms with Gasteiger partial charge in [0.1, 0.15) is 11.3 Å². The Bertz CT molecular complexity index is 1140. The summed E-state index contributed by atoms with van der Waals surface area (Å²) in [5.41, 5.74) is 1.73. The number of para-hydroxylation sites is 1. The number of fused-ring (bicyclic) bond motifs is 2. The Morgan fingerprint density at radius 3 is 2.76 bits per heavy atom. The predicted octanol–water partition coefficient (Wildman–Crippen LogP) is 4.40. The van der Waals surface area contributed by atoms with Gasteiger partial charge >= 0.3 is 0 Å². The average Bonchev–Trinajstić information content (AvgIpc) is 3.37. The third-order valence-electron chi connectivity index (χ3n) is 5.13. The molecule has 0 saturated carbocycles. The lowest BCUT2D eigenvalue weighted by Gasteiger charge is -2.34. The molecule has 1 amide bonds. The molecule has 0 unspecified atom stereocenters. The van der Waals surface area contributed by atoms with Gasteiger partial charge in [0.25, 0.3) is 5.91 Å². The van der Waals surface area contributed by atoms with Gasteiger partial charge in [-0.3, -0.25) is 4.79 Å². The van der Waals surface area contributed by atoms with Gasteiger partial charge in [-0.2, -0.15) is 0 Å². The minimum atomic E-state index is -0.0495. The van der Waals surface area contributed by atoms with Crippen LogP contribution in [0.3, 0.4) is 0 Å². The molecule has 4 aromatic rings. The molecule has 0 spiro atoms. The highest BCUT2D eigenvalue weighted by atomic mass is 32.1. The van der Waals surface area contributed by atoms with Crippen LogP contribution in [-0.4, -0.2) is 48.6 Å². The summed E-state index contributed by atoms with van der Waals surface area (Å²) in [7, 11) is 0. The molecule has 1 fully saturated rings. The van der Waals surface area contributed by atoms with Crippen LogP contribution in [0.5, 0.6) is 5.75 Å². The minimum absolute atomic E-state index is 0.0495. The first-order valence-electron chi connectivity index (χ1n) is 9.77. The minimum Gasteiger partial charge on any atom is -0.494 e. The van der Waals surface area contributed by atoms with Crippen LogP contribution in [0.4, 0.5) is 5.13 Å². The smallest absolute Gasteiger partial charge is 0.289 e. The molecule has 29 heavy (non-hydrogen) atoms. The summed E-state index contributed by atoms with van der Waals surface area (Å²) in [5, 5.41) is 1.94. The molecule has 1 aliphatic heterocycles. The van der Waals surface area contributed by atoms with E-state index < -0.39 is 0 Å². The van der Waals surface area contributed by atoms with Crippen LogP contribution >= 0.6 is 11.3 Å². The van der Waals surface area contributed by atoms with Crippen molar-refractivity contribution in [3.63, 3.8) is 0 Å². The number of furan rings is 1. The number of rotatable bonds is 4. The summed E-state index contributed by atoms with van der Waals surface area (Å²) >= 11 is 1.67. The SMILES string of the molecule is CCOc1ccc2nc(N3CCN(C(=O)c4cc5ccccc5o4)CC3)sc2c1. The van der Waals surface area contributed by atoms with Crippen molar-refractivity contribution in [2.75, 3.05) is 37.7 Å². The number of benzene rings is 2. The van der Waals surface area contributed by atoms with Crippen molar-refractivity contribution < 1.29 is 13.9 Å². The lowest BCUT2D eigenvalue weighted by Crippen LogP contribution is -2.48. The van der Waals surface area contributed by atoms with E-state index in [0.29, 0.717) is 25.5 Å². The molecular weight excluding hydrogens is 386 g/mol. The number of aromatic nitrogens is 1. The molecule has 1 aliphatic rings. The van der Waals surface area contributed by atoms with Gasteiger partial charge in [-0.15, -0.1) is 0 Å². The number of anilines is 1. The standard InChI is InChI=1S/C22H21N3O3S/c1-2-27-16-7-8-17-20(14-16)29-22(23-17)25-11-9-24(10-12-25)21(26)19-13-15-5-3-4-6-18(15)28-19/h3-8,13-14H,2,9-12H2,1H3. The van der Waals surface area contributed by atoms with Crippen molar-refractivity contribution in [1.29, 1.82) is 0 Å². The summed E-state index contributed by atoms with van der Waals surface area (Å²) < 4.78 is 12.4. The number of amides is 1. The predicted molar refractivity (Wildman–Crippen MR) is 115 cm³/mol. The van der Waals surface area contributed by atoms with Crippen molar-refractivity contribution in [1.82, 2.24) is 9.88 Å². The second kappa shape index (κ2) is 7.40. The number of thiazole rings is 1. The van der Waals surface area contributed by atoms with Crippen LogP contribution in [-0.2, 0) is 0 Å². The summed E-state index contributed by atoms with van der Waals surface area (Å²) in [4.78, 5) is 21.7. The van der Waals surface area contributed by atoms with Crippen molar-refractivity contribution in [3.8, 4) is 5.75 Å². The summed E-state index contributed by atoms with van der Waals surface area (Å²) in [5.74, 6) is 1.23. The summed E-state index contributed by atoms with van der Waals surface area (Å²) in [6.07, 6.45) is 0. The molecule has 1 saturated heterocycles. The Labute approximate surface area is 172 Å². The number of carbonyl (C=O) groups excluding carboxylic acids is 1. The van der Waals surface area contributed by atoms with Gasteiger partial charge in [0.05, 0.1) is 16.8 Å². The number of hydrogen-bond acceptors (Lipinski definition) is 6. The molecule has 7 heteroatoms. The summed E-state index contributed by atoms with van der Waals surface area (Å²) in [6.45, 7) is 5.44. The monoisotopic (exact) mass is 407 g/mol. The zero-order chi connectivity index (χ0) is 19.8. The maximum Gasteiger partial charge on any atom is 0.289 e. The molecule has 2 aromatic carbocycles. The fourth-order valence-corrected chi connectivity index (χ4v) is 4.67. The molecule has 0 atom stereocenters. The highest BCUT2D eigenvalue weighted by Crippen LogP contribution is 2.32. The van der Waals surface area contributed by atoms with Crippen LogP contribution in [0.2, 0.25) is 0 Å². The van der Waals surface area contributed by atoms with Crippen LogP contribution in [0.1, 0.15) is 17.5 Å². The van der Waals surface area contributed by atoms with Gasteiger partial charge < -0.3 is 19.0 Å². The molecule has 0 aliphatic carbocycles. The lowest BCUT2D eigenvalue weighted by molar-refractivity contribution is 0.0717. The van der Waals surface area contributed by atoms with E-state index in [9.17, 15) is 4.79 Å². The van der Waals surface area contributed by atoms with Crippen molar-refractivity contribution in [3.05, 3.63) is 54.3 Å². The van der Waals surface area contributed by atoms with E-state index in [1.165, 1.54) is 0 Å². The van der Waals surface area contributed by atoms with Gasteiger partial charge in [-0.1, -0.05) is 29.5 Å². The number of hydrogen-bond donors (Lipinski definition) is 0. The van der Waals surface area contributed by atoms with Gasteiger partial charge in [-0.05, 0) is 37.3 Å². The molecular formula is C22H21N3O3S. The maximum atomic E-state index is 12.8. The Morgan fingerprint density at radius 2 is 1.97 bits per heavy atom. The van der Waals surface area contributed by atoms with E-state index >= 15 is 0 Å². The summed E-state index contributed by atoms with van der Waals surface area (Å²) in [6, 6.07) is 15.5. The van der Waals surface area contributed by atoms with Crippen LogP contribution < -0.4 is 9.64 Å². The second-order valence-electron chi connectivity index (χ2n) is 6.99. The Morgan fingerprint density at radius 1 is 1.14 bits per heavy atom. The van der Waals surface area contributed by atoms with E-state index in [-0.39, 0.29) is 5.91 Å². The third kappa shape index (κ3) is 3.42. The highest BCUT2D eigenvalue weighted by Gasteiger charge is 2.26. The quantitative estimate of drug-likeness (QED) is 0.502. The van der Waals surface area contributed by atoms with Crippen LogP contribution in [0.15, 0.2) is 52.9 Å². The molecule has 5 rings (SSSR count). The molecule has 6 nitrogen and oxygen atoms in total. The number of carbonyl (C=O) groups is 1. The highest BCUT2D eigenvalue weighted by molar-refractivity contribution is 7.22. The Kier molecular flexibility index (Phi) is 4.60. The first-order valence-corrected chi connectivity index (χ1v) is 10.6. The number of ether oxygens (including phenoxy) is 1. The van der Waals surface area contributed by atoms with Gasteiger partial charge in [-0.25, -0.2) is 4.98 Å². The van der Waals surface area contributed by atoms with Crippen molar-refractivity contribution in [2.24, 2.45) is 0 Å². The normalized spacial score (nSPS) is 14.7. The first kappa shape index (κ1) is 18.0. The van der Waals surface area contributed by atoms with E-state index in [4.69, 9.17) is 14.1 Å². The zero-order valence-electron chi connectivity index (χ0n) is 16.1. The van der Waals surface area contributed by atoms with Crippen molar-refractivity contribution in [2.45, 2.75) is 6.92 Å². The Hall–Kier alpha value is -3.06. The Balaban J connectivity index is 1.28. The third-order valence-corrected chi connectivity index (χ3v) is 6.21. The van der Waals surface area contributed by atoms with E-state index in [0.717, 1.165) is 45.2 Å². The molecule has 148 valence electrons. The largest absolute Gasteiger partial charge is 0.494 e. The molecule has 0 N–H and O–H groups in total. The first-order chi connectivity index (χ1) is 14.2. The fraction of sp³-hybridized carbons (Fsp3) is 0.273. The lowest BCUT2D eigenvalue weighted by atomic mass is 10.2. The molecule has 2 aromatic heterocycles. The fourth-order valence-electron chi connectivity index (χ4n) is 3.63. The van der Waals surface area contributed by atoms with Gasteiger partial charge in [0.15, 0.2) is 10.9 Å². The number of piperazine rings is 1. The molecule has 0 radical (unpaired) electrons. The van der Waals surface area contributed by atoms with E-state index in [2.05, 4.69) is 4.90 Å². The van der Waals surface area contributed by atoms with Crippen molar-refractivity contribution >= 4 is 43.6 Å². The van der Waals surface area contributed by atoms with Gasteiger partial charge in [0.2, 0.25) is 0 Å². The van der Waals surface area contributed by atoms with Crippen LogP contribution in [0, 0.1) is 0 Å².